The molecule has 3 aromatic carbocycles. The Morgan fingerprint density at radius 1 is 0.921 bits per heavy atom. The van der Waals surface area contributed by atoms with Gasteiger partial charge in [0.1, 0.15) is 12.4 Å². The van der Waals surface area contributed by atoms with Crippen molar-refractivity contribution in [1.82, 2.24) is 9.80 Å². The first-order chi connectivity index (χ1) is 18.4. The zero-order valence-corrected chi connectivity index (χ0v) is 22.4. The van der Waals surface area contributed by atoms with Crippen LogP contribution in [0.4, 0.5) is 4.39 Å². The maximum atomic E-state index is 14.2. The van der Waals surface area contributed by atoms with E-state index in [9.17, 15) is 14.0 Å². The van der Waals surface area contributed by atoms with Crippen LogP contribution in [0.5, 0.6) is 0 Å². The third-order valence-electron chi connectivity index (χ3n) is 7.20. The quantitative estimate of drug-likeness (QED) is 0.278. The molecule has 1 aliphatic heterocycles. The average Bonchev–Trinajstić information content (AvgIpc) is 3.42. The predicted octanol–water partition coefficient (Wildman–Crippen LogP) is 6.43. The van der Waals surface area contributed by atoms with Crippen molar-refractivity contribution in [3.63, 3.8) is 0 Å². The number of hydrogen-bond donors (Lipinski definition) is 0. The lowest BCUT2D eigenvalue weighted by Gasteiger charge is -2.39. The van der Waals surface area contributed by atoms with Gasteiger partial charge in [0, 0.05) is 17.5 Å². The van der Waals surface area contributed by atoms with E-state index in [1.165, 1.54) is 17.0 Å². The van der Waals surface area contributed by atoms with Gasteiger partial charge in [-0.2, -0.15) is 0 Å². The molecule has 1 atom stereocenters. The van der Waals surface area contributed by atoms with Crippen molar-refractivity contribution in [3.8, 4) is 0 Å². The molecule has 2 amide bonds. The SMILES string of the molecule is CC(C)N(CC(=O)N1CCc2sccc2C1c1ccc(F)cc1)C(=O)C(c1ccccc1)c1ccccc1. The molecule has 6 heteroatoms. The van der Waals surface area contributed by atoms with Crippen molar-refractivity contribution in [3.05, 3.63) is 129 Å². The Morgan fingerprint density at radius 3 is 2.11 bits per heavy atom. The Morgan fingerprint density at radius 2 is 1.53 bits per heavy atom. The third-order valence-corrected chi connectivity index (χ3v) is 8.19. The van der Waals surface area contributed by atoms with Gasteiger partial charge >= 0.3 is 0 Å². The monoisotopic (exact) mass is 526 g/mol. The largest absolute Gasteiger partial charge is 0.330 e. The molecule has 38 heavy (non-hydrogen) atoms. The standard InChI is InChI=1S/C32H31FN2O2S/c1-22(2)35(32(37)30(23-9-5-3-6-10-23)24-11-7-4-8-12-24)21-29(36)34-19-17-28-27(18-20-38-28)31(34)25-13-15-26(33)16-14-25/h3-16,18,20,22,30-31H,17,19,21H2,1-2H3. The van der Waals surface area contributed by atoms with Crippen LogP contribution in [0.1, 0.15) is 52.9 Å². The number of carbonyl (C=O) groups excluding carboxylic acids is 2. The van der Waals surface area contributed by atoms with Gasteiger partial charge in [-0.05, 0) is 66.1 Å². The molecule has 0 N–H and O–H groups in total. The van der Waals surface area contributed by atoms with Crippen molar-refractivity contribution in [1.29, 1.82) is 0 Å². The fraction of sp³-hybridized carbons (Fsp3) is 0.250. The lowest BCUT2D eigenvalue weighted by Crippen LogP contribution is -2.49. The van der Waals surface area contributed by atoms with Crippen molar-refractivity contribution < 1.29 is 14.0 Å². The smallest absolute Gasteiger partial charge is 0.243 e. The lowest BCUT2D eigenvalue weighted by atomic mass is 9.89. The molecule has 5 rings (SSSR count). The summed E-state index contributed by atoms with van der Waals surface area (Å²) in [6.07, 6.45) is 0.767. The number of rotatable bonds is 7. The number of thiophene rings is 1. The molecule has 0 aliphatic carbocycles. The molecule has 0 saturated heterocycles. The van der Waals surface area contributed by atoms with Crippen LogP contribution in [0.3, 0.4) is 0 Å². The maximum absolute atomic E-state index is 14.2. The fourth-order valence-corrected chi connectivity index (χ4v) is 6.18. The molecule has 0 saturated carbocycles. The summed E-state index contributed by atoms with van der Waals surface area (Å²) < 4.78 is 13.7. The Labute approximate surface area is 227 Å². The van der Waals surface area contributed by atoms with Gasteiger partial charge in [-0.3, -0.25) is 9.59 Å². The summed E-state index contributed by atoms with van der Waals surface area (Å²) >= 11 is 1.69. The van der Waals surface area contributed by atoms with Crippen LogP contribution in [0.25, 0.3) is 0 Å². The second kappa shape index (κ2) is 11.3. The number of benzene rings is 3. The minimum atomic E-state index is -0.509. The first-order valence-electron chi connectivity index (χ1n) is 13.0. The topological polar surface area (TPSA) is 40.6 Å². The lowest BCUT2D eigenvalue weighted by molar-refractivity contribution is -0.143. The van der Waals surface area contributed by atoms with Gasteiger partial charge in [-0.1, -0.05) is 72.8 Å². The maximum Gasteiger partial charge on any atom is 0.243 e. The zero-order valence-electron chi connectivity index (χ0n) is 21.6. The molecule has 194 valence electrons. The highest BCUT2D eigenvalue weighted by Crippen LogP contribution is 2.38. The summed E-state index contributed by atoms with van der Waals surface area (Å²) in [5, 5.41) is 2.05. The second-order valence-corrected chi connectivity index (χ2v) is 10.9. The van der Waals surface area contributed by atoms with E-state index in [4.69, 9.17) is 0 Å². The summed E-state index contributed by atoms with van der Waals surface area (Å²) in [5.41, 5.74) is 3.74. The second-order valence-electron chi connectivity index (χ2n) is 9.90. The van der Waals surface area contributed by atoms with E-state index in [1.807, 2.05) is 84.8 Å². The molecule has 0 spiro atoms. The van der Waals surface area contributed by atoms with Crippen LogP contribution in [-0.2, 0) is 16.0 Å². The Hall–Kier alpha value is -3.77. The summed E-state index contributed by atoms with van der Waals surface area (Å²) in [4.78, 5) is 32.9. The summed E-state index contributed by atoms with van der Waals surface area (Å²) in [5.74, 6) is -1.03. The number of fused-ring (bicyclic) bond motifs is 1. The molecule has 1 aromatic heterocycles. The van der Waals surface area contributed by atoms with Gasteiger partial charge in [0.05, 0.1) is 12.0 Å². The zero-order chi connectivity index (χ0) is 26.6. The molecule has 4 nitrogen and oxygen atoms in total. The number of nitrogens with zero attached hydrogens (tertiary/aromatic N) is 2. The van der Waals surface area contributed by atoms with E-state index in [0.717, 1.165) is 28.7 Å². The van der Waals surface area contributed by atoms with Gasteiger partial charge in [0.2, 0.25) is 11.8 Å². The predicted molar refractivity (Wildman–Crippen MR) is 150 cm³/mol. The Bertz CT molecular complexity index is 1350. The molecular formula is C32H31FN2O2S. The minimum Gasteiger partial charge on any atom is -0.330 e. The number of hydrogen-bond acceptors (Lipinski definition) is 3. The molecule has 1 unspecified atom stereocenters. The molecular weight excluding hydrogens is 495 g/mol. The third kappa shape index (κ3) is 5.27. The van der Waals surface area contributed by atoms with E-state index in [2.05, 4.69) is 6.07 Å². The molecule has 2 heterocycles. The molecule has 0 fully saturated rings. The van der Waals surface area contributed by atoms with Crippen LogP contribution >= 0.6 is 11.3 Å². The van der Waals surface area contributed by atoms with Crippen molar-refractivity contribution in [2.24, 2.45) is 0 Å². The Kier molecular flexibility index (Phi) is 7.70. The van der Waals surface area contributed by atoms with Crippen molar-refractivity contribution >= 4 is 23.2 Å². The minimum absolute atomic E-state index is 0.0240. The first-order valence-corrected chi connectivity index (χ1v) is 13.8. The highest BCUT2D eigenvalue weighted by atomic mass is 32.1. The summed E-state index contributed by atoms with van der Waals surface area (Å²) in [7, 11) is 0. The molecule has 1 aliphatic rings. The summed E-state index contributed by atoms with van der Waals surface area (Å²) in [6, 6.07) is 27.4. The van der Waals surface area contributed by atoms with Gasteiger partial charge < -0.3 is 9.80 Å². The van der Waals surface area contributed by atoms with E-state index < -0.39 is 5.92 Å². The first kappa shape index (κ1) is 25.9. The van der Waals surface area contributed by atoms with Crippen LogP contribution in [0, 0.1) is 5.82 Å². The van der Waals surface area contributed by atoms with Gasteiger partial charge in [-0.25, -0.2) is 4.39 Å². The highest BCUT2D eigenvalue weighted by molar-refractivity contribution is 7.10. The van der Waals surface area contributed by atoms with E-state index in [-0.39, 0.29) is 36.3 Å². The molecule has 0 bridgehead atoms. The van der Waals surface area contributed by atoms with Crippen LogP contribution in [0.2, 0.25) is 0 Å². The highest BCUT2D eigenvalue weighted by Gasteiger charge is 2.36. The van der Waals surface area contributed by atoms with Gasteiger partial charge in [-0.15, -0.1) is 11.3 Å². The van der Waals surface area contributed by atoms with E-state index in [1.54, 1.807) is 28.4 Å². The number of halogens is 1. The van der Waals surface area contributed by atoms with Gasteiger partial charge in [0.15, 0.2) is 0 Å². The molecule has 4 aromatic rings. The van der Waals surface area contributed by atoms with Crippen molar-refractivity contribution in [2.75, 3.05) is 13.1 Å². The van der Waals surface area contributed by atoms with E-state index >= 15 is 0 Å². The van der Waals surface area contributed by atoms with Crippen LogP contribution in [0.15, 0.2) is 96.4 Å². The van der Waals surface area contributed by atoms with Crippen LogP contribution < -0.4 is 0 Å². The Balaban J connectivity index is 1.46. The average molecular weight is 527 g/mol. The van der Waals surface area contributed by atoms with Gasteiger partial charge in [0.25, 0.3) is 0 Å². The van der Waals surface area contributed by atoms with Crippen molar-refractivity contribution in [2.45, 2.75) is 38.3 Å². The number of amides is 2. The summed E-state index contributed by atoms with van der Waals surface area (Å²) in [6.45, 7) is 4.42. The molecule has 0 radical (unpaired) electrons. The van der Waals surface area contributed by atoms with Crippen LogP contribution in [-0.4, -0.2) is 40.7 Å². The number of carbonyl (C=O) groups is 2. The normalized spacial score (nSPS) is 15.0. The van der Waals surface area contributed by atoms with E-state index in [0.29, 0.717) is 6.54 Å². The fourth-order valence-electron chi connectivity index (χ4n) is 5.28.